The predicted molar refractivity (Wildman–Crippen MR) is 115 cm³/mol. The molecule has 3 aromatic carbocycles. The third-order valence-electron chi connectivity index (χ3n) is 4.68. The molecule has 1 aromatic heterocycles. The second-order valence-electron chi connectivity index (χ2n) is 6.75. The van der Waals surface area contributed by atoms with Crippen molar-refractivity contribution in [3.63, 3.8) is 0 Å². The SMILES string of the molecule is COc1ccc(Oc2cc(=O)c3c(O)c(OC)c(OCc4ccc(F)cc4)cc3o2)cc1. The van der Waals surface area contributed by atoms with Crippen LogP contribution in [-0.2, 0) is 6.61 Å². The molecule has 0 aliphatic rings. The fourth-order valence-electron chi connectivity index (χ4n) is 3.10. The largest absolute Gasteiger partial charge is 0.504 e. The van der Waals surface area contributed by atoms with Gasteiger partial charge in [0.1, 0.15) is 34.9 Å². The van der Waals surface area contributed by atoms with Gasteiger partial charge in [-0.1, -0.05) is 12.1 Å². The Morgan fingerprint density at radius 1 is 0.938 bits per heavy atom. The van der Waals surface area contributed by atoms with Gasteiger partial charge in [-0.3, -0.25) is 4.79 Å². The van der Waals surface area contributed by atoms with Crippen molar-refractivity contribution in [3.8, 4) is 34.7 Å². The minimum Gasteiger partial charge on any atom is -0.504 e. The Bertz CT molecular complexity index is 1300. The zero-order valence-electron chi connectivity index (χ0n) is 17.3. The van der Waals surface area contributed by atoms with Crippen LogP contribution in [0.4, 0.5) is 4.39 Å². The summed E-state index contributed by atoms with van der Waals surface area (Å²) in [6.07, 6.45) is 0. The molecule has 8 heteroatoms. The highest BCUT2D eigenvalue weighted by atomic mass is 19.1. The number of phenolic OH excluding ortho intramolecular Hbond substituents is 1. The maximum Gasteiger partial charge on any atom is 0.294 e. The Labute approximate surface area is 182 Å². The van der Waals surface area contributed by atoms with Crippen molar-refractivity contribution < 1.29 is 32.9 Å². The molecule has 32 heavy (non-hydrogen) atoms. The van der Waals surface area contributed by atoms with Gasteiger partial charge >= 0.3 is 0 Å². The number of ether oxygens (including phenoxy) is 4. The molecule has 1 heterocycles. The molecule has 0 fully saturated rings. The summed E-state index contributed by atoms with van der Waals surface area (Å²) in [6, 6.07) is 15.1. The Morgan fingerprint density at radius 3 is 2.28 bits per heavy atom. The van der Waals surface area contributed by atoms with E-state index in [2.05, 4.69) is 0 Å². The first kappa shape index (κ1) is 21.0. The molecule has 0 aliphatic heterocycles. The summed E-state index contributed by atoms with van der Waals surface area (Å²) in [6.45, 7) is 0.0772. The van der Waals surface area contributed by atoms with Gasteiger partial charge in [-0.25, -0.2) is 4.39 Å². The molecule has 0 saturated carbocycles. The van der Waals surface area contributed by atoms with Crippen LogP contribution in [0.3, 0.4) is 0 Å². The van der Waals surface area contributed by atoms with Gasteiger partial charge in [0, 0.05) is 6.07 Å². The number of phenols is 1. The van der Waals surface area contributed by atoms with Crippen molar-refractivity contribution in [2.24, 2.45) is 0 Å². The average Bonchev–Trinajstić information content (AvgIpc) is 2.79. The van der Waals surface area contributed by atoms with Crippen LogP contribution in [0.2, 0.25) is 0 Å². The third kappa shape index (κ3) is 4.29. The summed E-state index contributed by atoms with van der Waals surface area (Å²) >= 11 is 0. The van der Waals surface area contributed by atoms with Gasteiger partial charge in [-0.2, -0.15) is 0 Å². The van der Waals surface area contributed by atoms with E-state index in [1.165, 1.54) is 25.3 Å². The average molecular weight is 438 g/mol. The van der Waals surface area contributed by atoms with Gasteiger partial charge in [-0.15, -0.1) is 0 Å². The van der Waals surface area contributed by atoms with E-state index >= 15 is 0 Å². The molecule has 7 nitrogen and oxygen atoms in total. The van der Waals surface area contributed by atoms with Crippen molar-refractivity contribution >= 4 is 11.0 Å². The Kier molecular flexibility index (Phi) is 5.85. The molecular formula is C24H19FO7. The lowest BCUT2D eigenvalue weighted by Gasteiger charge is -2.14. The summed E-state index contributed by atoms with van der Waals surface area (Å²) in [7, 11) is 2.89. The van der Waals surface area contributed by atoms with Crippen LogP contribution >= 0.6 is 0 Å². The predicted octanol–water partition coefficient (Wildman–Crippen LogP) is 5.03. The summed E-state index contributed by atoms with van der Waals surface area (Å²) in [5, 5.41) is 10.5. The van der Waals surface area contributed by atoms with Crippen molar-refractivity contribution in [2.75, 3.05) is 14.2 Å². The number of halogens is 1. The van der Waals surface area contributed by atoms with Crippen molar-refractivity contribution in [1.82, 2.24) is 0 Å². The summed E-state index contributed by atoms with van der Waals surface area (Å²) in [5.41, 5.74) is 0.232. The van der Waals surface area contributed by atoms with Gasteiger partial charge in [0.25, 0.3) is 5.95 Å². The van der Waals surface area contributed by atoms with Gasteiger partial charge < -0.3 is 28.5 Å². The first-order chi connectivity index (χ1) is 15.5. The van der Waals surface area contributed by atoms with Crippen LogP contribution < -0.4 is 24.4 Å². The van der Waals surface area contributed by atoms with Gasteiger partial charge in [0.05, 0.1) is 20.3 Å². The summed E-state index contributed by atoms with van der Waals surface area (Å²) in [5.74, 6) is 0.366. The van der Waals surface area contributed by atoms with E-state index in [1.54, 1.807) is 43.5 Å². The zero-order chi connectivity index (χ0) is 22.7. The highest BCUT2D eigenvalue weighted by molar-refractivity contribution is 5.88. The highest BCUT2D eigenvalue weighted by Crippen LogP contribution is 2.42. The quantitative estimate of drug-likeness (QED) is 0.433. The Hall–Kier alpha value is -4.20. The van der Waals surface area contributed by atoms with Crippen molar-refractivity contribution in [1.29, 1.82) is 0 Å². The van der Waals surface area contributed by atoms with Gasteiger partial charge in [-0.05, 0) is 42.0 Å². The Morgan fingerprint density at radius 2 is 1.62 bits per heavy atom. The molecule has 1 N–H and O–H groups in total. The topological polar surface area (TPSA) is 87.4 Å². The molecule has 0 radical (unpaired) electrons. The van der Waals surface area contributed by atoms with Crippen LogP contribution in [0.25, 0.3) is 11.0 Å². The molecule has 0 saturated heterocycles. The van der Waals surface area contributed by atoms with E-state index in [4.69, 9.17) is 23.4 Å². The molecule has 4 aromatic rings. The van der Waals surface area contributed by atoms with Gasteiger partial charge in [0.2, 0.25) is 11.2 Å². The van der Waals surface area contributed by atoms with Crippen molar-refractivity contribution in [3.05, 3.63) is 82.3 Å². The molecule has 0 amide bonds. The monoisotopic (exact) mass is 438 g/mol. The van der Waals surface area contributed by atoms with E-state index in [0.29, 0.717) is 17.1 Å². The minimum atomic E-state index is -0.518. The fourth-order valence-corrected chi connectivity index (χ4v) is 3.10. The standard InChI is InChI=1S/C24H19FO7/c1-28-16-7-9-17(10-8-16)31-21-11-18(26)22-19(32-21)12-20(24(29-2)23(22)27)30-13-14-3-5-15(25)6-4-14/h3-12,27H,13H2,1-2H3. The summed E-state index contributed by atoms with van der Waals surface area (Å²) in [4.78, 5) is 12.6. The third-order valence-corrected chi connectivity index (χ3v) is 4.68. The van der Waals surface area contributed by atoms with E-state index < -0.39 is 11.2 Å². The number of benzene rings is 3. The first-order valence-electron chi connectivity index (χ1n) is 9.55. The molecule has 0 aliphatic carbocycles. The second kappa shape index (κ2) is 8.89. The maximum absolute atomic E-state index is 13.1. The number of hydrogen-bond donors (Lipinski definition) is 1. The fraction of sp³-hybridized carbons (Fsp3) is 0.125. The van der Waals surface area contributed by atoms with Crippen molar-refractivity contribution in [2.45, 2.75) is 6.61 Å². The van der Waals surface area contributed by atoms with Crippen LogP contribution in [0.5, 0.6) is 34.7 Å². The molecule has 0 bridgehead atoms. The summed E-state index contributed by atoms with van der Waals surface area (Å²) < 4.78 is 40.5. The number of hydrogen-bond acceptors (Lipinski definition) is 7. The lowest BCUT2D eigenvalue weighted by atomic mass is 10.1. The minimum absolute atomic E-state index is 0.0178. The molecule has 0 unspecified atom stereocenters. The van der Waals surface area contributed by atoms with Crippen LogP contribution in [0.1, 0.15) is 5.56 Å². The van der Waals surface area contributed by atoms with E-state index in [9.17, 15) is 14.3 Å². The smallest absolute Gasteiger partial charge is 0.294 e. The van der Waals surface area contributed by atoms with Crippen LogP contribution in [-0.4, -0.2) is 19.3 Å². The molecule has 164 valence electrons. The van der Waals surface area contributed by atoms with E-state index in [0.717, 1.165) is 6.07 Å². The lowest BCUT2D eigenvalue weighted by molar-refractivity contribution is 0.277. The van der Waals surface area contributed by atoms with Crippen LogP contribution in [0.15, 0.2) is 69.9 Å². The zero-order valence-corrected chi connectivity index (χ0v) is 17.3. The number of rotatable bonds is 7. The normalized spacial score (nSPS) is 10.7. The molecule has 0 spiro atoms. The lowest BCUT2D eigenvalue weighted by Crippen LogP contribution is -2.04. The number of methoxy groups -OCH3 is 2. The van der Waals surface area contributed by atoms with E-state index in [1.807, 2.05) is 0 Å². The maximum atomic E-state index is 13.1. The molecular weight excluding hydrogens is 419 g/mol. The number of fused-ring (bicyclic) bond motifs is 1. The van der Waals surface area contributed by atoms with E-state index in [-0.39, 0.29) is 40.8 Å². The van der Waals surface area contributed by atoms with Crippen LogP contribution in [0, 0.1) is 5.82 Å². The first-order valence-corrected chi connectivity index (χ1v) is 9.55. The molecule has 0 atom stereocenters. The van der Waals surface area contributed by atoms with Gasteiger partial charge in [0.15, 0.2) is 11.5 Å². The second-order valence-corrected chi connectivity index (χ2v) is 6.75. The Balaban J connectivity index is 1.69. The molecule has 4 rings (SSSR count). The number of aromatic hydroxyl groups is 1. The highest BCUT2D eigenvalue weighted by Gasteiger charge is 2.20.